The molecule has 1 aromatic heterocycles. The predicted molar refractivity (Wildman–Crippen MR) is 106 cm³/mol. The molecule has 0 saturated carbocycles. The number of rotatable bonds is 6. The van der Waals surface area contributed by atoms with Crippen LogP contribution in [-0.2, 0) is 16.1 Å². The van der Waals surface area contributed by atoms with Gasteiger partial charge in [-0.05, 0) is 36.8 Å². The van der Waals surface area contributed by atoms with E-state index in [9.17, 15) is 9.59 Å². The molecule has 1 heterocycles. The molecular weight excluding hydrogens is 382 g/mol. The number of para-hydroxylation sites is 1. The molecule has 3 aromatic rings. The zero-order valence-corrected chi connectivity index (χ0v) is 16.6. The number of benzene rings is 2. The molecule has 0 atom stereocenters. The summed E-state index contributed by atoms with van der Waals surface area (Å²) in [7, 11) is 1.48. The number of carbonyl (C=O) groups excluding carboxylic acids is 2. The molecule has 0 fully saturated rings. The molecule has 2 aromatic carbocycles. The monoisotopic (exact) mass is 401 g/mol. The van der Waals surface area contributed by atoms with Crippen LogP contribution in [0.3, 0.4) is 0 Å². The summed E-state index contributed by atoms with van der Waals surface area (Å²) in [6.07, 6.45) is 0. The molecule has 6 nitrogen and oxygen atoms in total. The van der Waals surface area contributed by atoms with Crippen LogP contribution in [0.5, 0.6) is 11.5 Å². The molecule has 0 amide bonds. The number of ether oxygens (including phenoxy) is 3. The summed E-state index contributed by atoms with van der Waals surface area (Å²) in [5, 5.41) is 1.14. The van der Waals surface area contributed by atoms with Gasteiger partial charge in [-0.3, -0.25) is 4.79 Å². The largest absolute Gasteiger partial charge is 0.495 e. The fraction of sp³-hybridized carbons (Fsp3) is 0.238. The van der Waals surface area contributed by atoms with E-state index >= 15 is 0 Å². The van der Waals surface area contributed by atoms with Crippen LogP contribution in [0.2, 0.25) is 5.02 Å². The summed E-state index contributed by atoms with van der Waals surface area (Å²) >= 11 is 6.24. The topological polar surface area (TPSA) is 66.8 Å². The van der Waals surface area contributed by atoms with Crippen LogP contribution < -0.4 is 9.47 Å². The minimum absolute atomic E-state index is 0.206. The van der Waals surface area contributed by atoms with E-state index in [0.29, 0.717) is 18.0 Å². The van der Waals surface area contributed by atoms with Crippen LogP contribution in [0.1, 0.15) is 29.9 Å². The van der Waals surface area contributed by atoms with Crippen molar-refractivity contribution in [2.45, 2.75) is 20.4 Å². The quantitative estimate of drug-likeness (QED) is 0.451. The van der Waals surface area contributed by atoms with E-state index in [2.05, 4.69) is 0 Å². The summed E-state index contributed by atoms with van der Waals surface area (Å²) in [5.74, 6) is -0.304. The lowest BCUT2D eigenvalue weighted by Crippen LogP contribution is -2.13. The van der Waals surface area contributed by atoms with Crippen LogP contribution in [-0.4, -0.2) is 30.2 Å². The molecule has 0 aliphatic heterocycles. The lowest BCUT2D eigenvalue weighted by Gasteiger charge is -2.14. The first-order chi connectivity index (χ1) is 13.4. The maximum absolute atomic E-state index is 12.5. The Bertz CT molecular complexity index is 1040. The predicted octanol–water partition coefficient (Wildman–Crippen LogP) is 4.45. The van der Waals surface area contributed by atoms with Gasteiger partial charge in [0.25, 0.3) is 0 Å². The highest BCUT2D eigenvalue weighted by Crippen LogP contribution is 2.36. The van der Waals surface area contributed by atoms with Gasteiger partial charge in [-0.1, -0.05) is 29.8 Å². The van der Waals surface area contributed by atoms with E-state index in [0.717, 1.165) is 16.5 Å². The molecule has 0 bridgehead atoms. The Morgan fingerprint density at radius 2 is 1.82 bits per heavy atom. The fourth-order valence-corrected chi connectivity index (χ4v) is 3.26. The summed E-state index contributed by atoms with van der Waals surface area (Å²) in [4.78, 5) is 23.9. The number of hydrogen-bond donors (Lipinski definition) is 0. The van der Waals surface area contributed by atoms with Gasteiger partial charge in [-0.2, -0.15) is 0 Å². The van der Waals surface area contributed by atoms with Crippen molar-refractivity contribution in [2.75, 3.05) is 13.7 Å². The molecule has 0 unspecified atom stereocenters. The number of esters is 2. The number of hydrogen-bond acceptors (Lipinski definition) is 5. The average Bonchev–Trinajstić information content (AvgIpc) is 3.02. The van der Waals surface area contributed by atoms with Crippen LogP contribution >= 0.6 is 11.6 Å². The van der Waals surface area contributed by atoms with Crippen molar-refractivity contribution in [1.82, 2.24) is 4.57 Å². The van der Waals surface area contributed by atoms with Gasteiger partial charge in [0.15, 0.2) is 5.75 Å². The highest BCUT2D eigenvalue weighted by molar-refractivity contribution is 6.33. The van der Waals surface area contributed by atoms with E-state index in [1.807, 2.05) is 28.8 Å². The van der Waals surface area contributed by atoms with E-state index in [1.165, 1.54) is 14.0 Å². The number of nitrogens with zero attached hydrogens (tertiary/aromatic N) is 1. The van der Waals surface area contributed by atoms with Gasteiger partial charge < -0.3 is 18.8 Å². The fourth-order valence-electron chi connectivity index (χ4n) is 3.03. The number of halogens is 1. The Morgan fingerprint density at radius 1 is 1.11 bits per heavy atom. The van der Waals surface area contributed by atoms with Crippen molar-refractivity contribution in [1.29, 1.82) is 0 Å². The molecule has 3 rings (SSSR count). The molecule has 7 heteroatoms. The van der Waals surface area contributed by atoms with Gasteiger partial charge in [-0.25, -0.2) is 4.79 Å². The summed E-state index contributed by atoms with van der Waals surface area (Å²) < 4.78 is 17.6. The molecule has 0 aliphatic rings. The maximum Gasteiger partial charge on any atom is 0.354 e. The first-order valence-electron chi connectivity index (χ1n) is 8.74. The zero-order valence-electron chi connectivity index (χ0n) is 15.8. The van der Waals surface area contributed by atoms with Gasteiger partial charge in [0, 0.05) is 24.4 Å². The van der Waals surface area contributed by atoms with Crippen molar-refractivity contribution >= 4 is 34.4 Å². The number of aromatic nitrogens is 1. The minimum Gasteiger partial charge on any atom is -0.495 e. The second-order valence-corrected chi connectivity index (χ2v) is 6.48. The van der Waals surface area contributed by atoms with Crippen molar-refractivity contribution < 1.29 is 23.8 Å². The lowest BCUT2D eigenvalue weighted by atomic mass is 10.2. The smallest absolute Gasteiger partial charge is 0.354 e. The SMILES string of the molecule is CCOC(=O)c1cc2ccccc2n1Cc1cc(OC)c(Cl)c(OC(C)=O)c1. The van der Waals surface area contributed by atoms with Crippen molar-refractivity contribution in [3.05, 3.63) is 58.7 Å². The van der Waals surface area contributed by atoms with Gasteiger partial charge in [-0.15, -0.1) is 0 Å². The van der Waals surface area contributed by atoms with Crippen molar-refractivity contribution in [3.8, 4) is 11.5 Å². The Labute approximate surface area is 167 Å². The molecule has 0 aliphatic carbocycles. The zero-order chi connectivity index (χ0) is 20.3. The van der Waals surface area contributed by atoms with Crippen molar-refractivity contribution in [2.24, 2.45) is 0 Å². The Morgan fingerprint density at radius 3 is 2.50 bits per heavy atom. The summed E-state index contributed by atoms with van der Waals surface area (Å²) in [6, 6.07) is 12.9. The van der Waals surface area contributed by atoms with E-state index in [-0.39, 0.29) is 17.4 Å². The summed E-state index contributed by atoms with van der Waals surface area (Å²) in [5.41, 5.74) is 2.07. The number of carbonyl (C=O) groups is 2. The Hall–Kier alpha value is -2.99. The first-order valence-corrected chi connectivity index (χ1v) is 9.12. The second-order valence-electron chi connectivity index (χ2n) is 6.10. The molecule has 0 radical (unpaired) electrons. The molecule has 0 saturated heterocycles. The molecule has 146 valence electrons. The van der Waals surface area contributed by atoms with E-state index in [4.69, 9.17) is 25.8 Å². The minimum atomic E-state index is -0.486. The highest BCUT2D eigenvalue weighted by atomic mass is 35.5. The van der Waals surface area contributed by atoms with Crippen molar-refractivity contribution in [3.63, 3.8) is 0 Å². The van der Waals surface area contributed by atoms with Gasteiger partial charge in [0.2, 0.25) is 0 Å². The third-order valence-corrected chi connectivity index (χ3v) is 4.55. The van der Waals surface area contributed by atoms with Gasteiger partial charge >= 0.3 is 11.9 Å². The lowest BCUT2D eigenvalue weighted by molar-refractivity contribution is -0.131. The Balaban J connectivity index is 2.10. The molecular formula is C21H20ClNO5. The highest BCUT2D eigenvalue weighted by Gasteiger charge is 2.19. The maximum atomic E-state index is 12.5. The van der Waals surface area contributed by atoms with Crippen LogP contribution in [0.4, 0.5) is 0 Å². The first kappa shape index (κ1) is 19.8. The van der Waals surface area contributed by atoms with Crippen LogP contribution in [0.25, 0.3) is 10.9 Å². The normalized spacial score (nSPS) is 10.7. The van der Waals surface area contributed by atoms with Crippen LogP contribution in [0.15, 0.2) is 42.5 Å². The van der Waals surface area contributed by atoms with Gasteiger partial charge in [0.05, 0.1) is 13.7 Å². The summed E-state index contributed by atoms with van der Waals surface area (Å²) in [6.45, 7) is 3.68. The molecule has 0 N–H and O–H groups in total. The Kier molecular flexibility index (Phi) is 5.90. The standard InChI is InChI=1S/C21H20ClNO5/c1-4-27-21(25)17-11-15-7-5-6-8-16(15)23(17)12-14-9-18(26-3)20(22)19(10-14)28-13(2)24/h5-11H,4,12H2,1-3H3. The third-order valence-electron chi connectivity index (χ3n) is 4.18. The number of methoxy groups -OCH3 is 1. The van der Waals surface area contributed by atoms with E-state index in [1.54, 1.807) is 25.1 Å². The molecule has 0 spiro atoms. The van der Waals surface area contributed by atoms with E-state index < -0.39 is 11.9 Å². The molecule has 28 heavy (non-hydrogen) atoms. The average molecular weight is 402 g/mol. The van der Waals surface area contributed by atoms with Crippen LogP contribution in [0, 0.1) is 0 Å². The third kappa shape index (κ3) is 3.97. The van der Waals surface area contributed by atoms with Gasteiger partial charge in [0.1, 0.15) is 16.5 Å². The number of fused-ring (bicyclic) bond motifs is 1. The second kappa shape index (κ2) is 8.35.